The van der Waals surface area contributed by atoms with E-state index in [2.05, 4.69) is 14.7 Å². The molecule has 0 saturated heterocycles. The van der Waals surface area contributed by atoms with Gasteiger partial charge in [-0.15, -0.1) is 0 Å². The summed E-state index contributed by atoms with van der Waals surface area (Å²) < 4.78 is 25.2. The van der Waals surface area contributed by atoms with Crippen molar-refractivity contribution in [2.45, 2.75) is 25.6 Å². The van der Waals surface area contributed by atoms with Crippen LogP contribution in [0.3, 0.4) is 0 Å². The van der Waals surface area contributed by atoms with Gasteiger partial charge < -0.3 is 0 Å². The number of hydrogen-bond donors (Lipinski definition) is 1. The molecule has 1 aromatic rings. The standard InChI is InChI=1S/C9H12N4O2S/c1-7(5-10)16(14,15)12-6-9-3-4-11-8(2)13-9/h3-4,7,12H,6H2,1-2H3. The highest BCUT2D eigenvalue weighted by Gasteiger charge is 2.19. The first-order valence-corrected chi connectivity index (χ1v) is 6.17. The minimum absolute atomic E-state index is 0.0672. The fraction of sp³-hybridized carbons (Fsp3) is 0.444. The average Bonchev–Trinajstić information content (AvgIpc) is 2.25. The maximum Gasteiger partial charge on any atom is 0.228 e. The summed E-state index contributed by atoms with van der Waals surface area (Å²) in [5.41, 5.74) is 0.571. The van der Waals surface area contributed by atoms with Crippen LogP contribution in [0.1, 0.15) is 18.4 Å². The zero-order chi connectivity index (χ0) is 12.2. The van der Waals surface area contributed by atoms with E-state index in [1.807, 2.05) is 0 Å². The first-order chi connectivity index (χ1) is 7.45. The summed E-state index contributed by atoms with van der Waals surface area (Å²) in [6.07, 6.45) is 1.56. The van der Waals surface area contributed by atoms with Crippen molar-refractivity contribution in [2.24, 2.45) is 0 Å². The van der Waals surface area contributed by atoms with Crippen molar-refractivity contribution in [1.29, 1.82) is 5.26 Å². The third-order valence-electron chi connectivity index (χ3n) is 1.94. The molecule has 0 aliphatic rings. The Labute approximate surface area is 94.4 Å². The van der Waals surface area contributed by atoms with Gasteiger partial charge in [0, 0.05) is 6.20 Å². The van der Waals surface area contributed by atoms with Crippen LogP contribution in [0.4, 0.5) is 0 Å². The van der Waals surface area contributed by atoms with Gasteiger partial charge in [-0.05, 0) is 19.9 Å². The van der Waals surface area contributed by atoms with E-state index in [-0.39, 0.29) is 6.54 Å². The first kappa shape index (κ1) is 12.5. The average molecular weight is 240 g/mol. The van der Waals surface area contributed by atoms with Crippen LogP contribution < -0.4 is 4.72 Å². The van der Waals surface area contributed by atoms with Crippen molar-refractivity contribution < 1.29 is 8.42 Å². The van der Waals surface area contributed by atoms with Crippen molar-refractivity contribution in [3.63, 3.8) is 0 Å². The number of nitrogens with one attached hydrogen (secondary N) is 1. The maximum atomic E-state index is 11.4. The summed E-state index contributed by atoms with van der Waals surface area (Å²) in [7, 11) is -3.59. The lowest BCUT2D eigenvalue weighted by molar-refractivity contribution is 0.576. The second-order valence-electron chi connectivity index (χ2n) is 3.23. The second-order valence-corrected chi connectivity index (χ2v) is 5.32. The molecule has 6 nitrogen and oxygen atoms in total. The molecular weight excluding hydrogens is 228 g/mol. The van der Waals surface area contributed by atoms with Crippen LogP contribution in [0.15, 0.2) is 12.3 Å². The van der Waals surface area contributed by atoms with Crippen LogP contribution in [0.2, 0.25) is 0 Å². The van der Waals surface area contributed by atoms with Gasteiger partial charge >= 0.3 is 0 Å². The molecule has 0 aliphatic carbocycles. The predicted molar refractivity (Wildman–Crippen MR) is 57.6 cm³/mol. The van der Waals surface area contributed by atoms with E-state index in [1.54, 1.807) is 25.3 Å². The minimum atomic E-state index is -3.59. The van der Waals surface area contributed by atoms with Gasteiger partial charge in [0.25, 0.3) is 0 Å². The molecule has 0 aromatic carbocycles. The number of sulfonamides is 1. The summed E-state index contributed by atoms with van der Waals surface area (Å²) in [5, 5.41) is 7.44. The Hall–Kier alpha value is -1.52. The molecule has 0 aliphatic heterocycles. The zero-order valence-electron chi connectivity index (χ0n) is 9.01. The van der Waals surface area contributed by atoms with Gasteiger partial charge in [0.05, 0.1) is 18.3 Å². The fourth-order valence-electron chi connectivity index (χ4n) is 0.973. The van der Waals surface area contributed by atoms with Crippen LogP contribution in [-0.2, 0) is 16.6 Å². The maximum absolute atomic E-state index is 11.4. The van der Waals surface area contributed by atoms with E-state index in [9.17, 15) is 8.42 Å². The van der Waals surface area contributed by atoms with Crippen molar-refractivity contribution in [3.8, 4) is 6.07 Å². The normalized spacial score (nSPS) is 13.1. The molecule has 16 heavy (non-hydrogen) atoms. The third-order valence-corrected chi connectivity index (χ3v) is 3.52. The molecule has 1 unspecified atom stereocenters. The molecular formula is C9H12N4O2S. The van der Waals surface area contributed by atoms with Crippen molar-refractivity contribution >= 4 is 10.0 Å². The Kier molecular flexibility index (Phi) is 3.93. The van der Waals surface area contributed by atoms with Gasteiger partial charge in [0.2, 0.25) is 10.0 Å². The van der Waals surface area contributed by atoms with Crippen molar-refractivity contribution in [2.75, 3.05) is 0 Å². The lowest BCUT2D eigenvalue weighted by Gasteiger charge is -2.07. The number of nitriles is 1. The molecule has 1 N–H and O–H groups in total. The Morgan fingerprint density at radius 3 is 2.88 bits per heavy atom. The topological polar surface area (TPSA) is 95.7 Å². The largest absolute Gasteiger partial charge is 0.242 e. The molecule has 7 heteroatoms. The Bertz CT molecular complexity index is 506. The van der Waals surface area contributed by atoms with Crippen LogP contribution in [0.25, 0.3) is 0 Å². The van der Waals surface area contributed by atoms with E-state index >= 15 is 0 Å². The molecule has 1 heterocycles. The van der Waals surface area contributed by atoms with E-state index in [0.29, 0.717) is 11.5 Å². The molecule has 1 rings (SSSR count). The lowest BCUT2D eigenvalue weighted by atomic mass is 10.4. The molecule has 1 atom stereocenters. The van der Waals surface area contributed by atoms with Crippen LogP contribution >= 0.6 is 0 Å². The summed E-state index contributed by atoms with van der Waals surface area (Å²) in [6.45, 7) is 3.11. The Morgan fingerprint density at radius 2 is 2.31 bits per heavy atom. The number of aryl methyl sites for hydroxylation is 1. The highest BCUT2D eigenvalue weighted by atomic mass is 32.2. The van der Waals surface area contributed by atoms with E-state index in [1.165, 1.54) is 6.92 Å². The van der Waals surface area contributed by atoms with Gasteiger partial charge in [-0.3, -0.25) is 0 Å². The van der Waals surface area contributed by atoms with Crippen molar-refractivity contribution in [3.05, 3.63) is 23.8 Å². The number of nitrogens with zero attached hydrogens (tertiary/aromatic N) is 3. The minimum Gasteiger partial charge on any atom is -0.242 e. The quantitative estimate of drug-likeness (QED) is 0.806. The van der Waals surface area contributed by atoms with Gasteiger partial charge in [-0.25, -0.2) is 23.1 Å². The van der Waals surface area contributed by atoms with Crippen LogP contribution in [0, 0.1) is 18.3 Å². The molecule has 1 aromatic heterocycles. The van der Waals surface area contributed by atoms with Gasteiger partial charge in [-0.2, -0.15) is 5.26 Å². The van der Waals surface area contributed by atoms with Gasteiger partial charge in [-0.1, -0.05) is 0 Å². The Morgan fingerprint density at radius 1 is 1.62 bits per heavy atom. The number of aromatic nitrogens is 2. The number of rotatable bonds is 4. The molecule has 0 spiro atoms. The fourth-order valence-corrected chi connectivity index (χ4v) is 1.71. The van der Waals surface area contributed by atoms with Gasteiger partial charge in [0.15, 0.2) is 5.25 Å². The van der Waals surface area contributed by atoms with Crippen LogP contribution in [0.5, 0.6) is 0 Å². The third kappa shape index (κ3) is 3.25. The molecule has 0 amide bonds. The van der Waals surface area contributed by atoms with Crippen molar-refractivity contribution in [1.82, 2.24) is 14.7 Å². The second kappa shape index (κ2) is 5.01. The summed E-state index contributed by atoms with van der Waals surface area (Å²) in [5.74, 6) is 0.574. The summed E-state index contributed by atoms with van der Waals surface area (Å²) >= 11 is 0. The molecule has 0 radical (unpaired) electrons. The SMILES string of the molecule is Cc1nccc(CNS(=O)(=O)C(C)C#N)n1. The summed E-state index contributed by atoms with van der Waals surface area (Å²) in [6, 6.07) is 3.29. The monoisotopic (exact) mass is 240 g/mol. The Balaban J connectivity index is 2.69. The van der Waals surface area contributed by atoms with E-state index in [0.717, 1.165) is 0 Å². The highest BCUT2D eigenvalue weighted by Crippen LogP contribution is 1.99. The number of hydrogen-bond acceptors (Lipinski definition) is 5. The predicted octanol–water partition coefficient (Wildman–Crippen LogP) is 0.116. The van der Waals surface area contributed by atoms with E-state index < -0.39 is 15.3 Å². The lowest BCUT2D eigenvalue weighted by Crippen LogP contribution is -2.31. The van der Waals surface area contributed by atoms with E-state index in [4.69, 9.17) is 5.26 Å². The molecule has 0 fully saturated rings. The molecule has 86 valence electrons. The first-order valence-electron chi connectivity index (χ1n) is 4.62. The van der Waals surface area contributed by atoms with Gasteiger partial charge in [0.1, 0.15) is 5.82 Å². The smallest absolute Gasteiger partial charge is 0.228 e. The molecule has 0 bridgehead atoms. The van der Waals surface area contributed by atoms with Crippen LogP contribution in [-0.4, -0.2) is 23.6 Å². The summed E-state index contributed by atoms with van der Waals surface area (Å²) in [4.78, 5) is 7.94. The molecule has 0 saturated carbocycles. The zero-order valence-corrected chi connectivity index (χ0v) is 9.82. The highest BCUT2D eigenvalue weighted by molar-refractivity contribution is 7.90.